The van der Waals surface area contributed by atoms with E-state index in [2.05, 4.69) is 21.8 Å². The third-order valence-corrected chi connectivity index (χ3v) is 3.78. The molecule has 106 valence electrons. The van der Waals surface area contributed by atoms with Gasteiger partial charge in [0.2, 0.25) is 0 Å². The Morgan fingerprint density at radius 1 is 1.40 bits per heavy atom. The summed E-state index contributed by atoms with van der Waals surface area (Å²) in [7, 11) is 0. The molecule has 0 atom stereocenters. The Bertz CT molecular complexity index is 587. The molecule has 1 aromatic carbocycles. The predicted octanol–water partition coefficient (Wildman–Crippen LogP) is 2.88. The van der Waals surface area contributed by atoms with Crippen LogP contribution in [0.25, 0.3) is 0 Å². The Morgan fingerprint density at radius 2 is 2.25 bits per heavy atom. The number of imidazole rings is 1. The maximum atomic E-state index is 14.1. The molecule has 1 saturated carbocycles. The average molecular weight is 273 g/mol. The van der Waals surface area contributed by atoms with Crippen LogP contribution >= 0.6 is 0 Å². The number of nitrogens with zero attached hydrogens (tertiary/aromatic N) is 2. The fourth-order valence-corrected chi connectivity index (χ4v) is 2.36. The number of aryl methyl sites for hydroxylation is 1. The highest BCUT2D eigenvalue weighted by Gasteiger charge is 2.20. The molecule has 0 unspecified atom stereocenters. The molecule has 20 heavy (non-hydrogen) atoms. The summed E-state index contributed by atoms with van der Waals surface area (Å²) in [5.74, 6) is 0.862. The van der Waals surface area contributed by atoms with Gasteiger partial charge >= 0.3 is 0 Å². The van der Waals surface area contributed by atoms with E-state index in [1.807, 2.05) is 18.3 Å². The van der Waals surface area contributed by atoms with Gasteiger partial charge in [0, 0.05) is 43.5 Å². The first-order valence-corrected chi connectivity index (χ1v) is 7.27. The summed E-state index contributed by atoms with van der Waals surface area (Å²) in [5, 5.41) is 3.34. The van der Waals surface area contributed by atoms with E-state index < -0.39 is 0 Å². The van der Waals surface area contributed by atoms with Crippen LogP contribution in [0.2, 0.25) is 0 Å². The number of hydrogen-bond donors (Lipinski definition) is 1. The van der Waals surface area contributed by atoms with E-state index in [0.29, 0.717) is 19.0 Å². The molecule has 4 heteroatoms. The zero-order valence-corrected chi connectivity index (χ0v) is 11.8. The van der Waals surface area contributed by atoms with Gasteiger partial charge in [0.1, 0.15) is 11.6 Å². The topological polar surface area (TPSA) is 29.9 Å². The van der Waals surface area contributed by atoms with Crippen LogP contribution in [-0.2, 0) is 19.5 Å². The summed E-state index contributed by atoms with van der Waals surface area (Å²) in [6.07, 6.45) is 6.87. The van der Waals surface area contributed by atoms with Gasteiger partial charge in [0.05, 0.1) is 0 Å². The van der Waals surface area contributed by atoms with E-state index in [9.17, 15) is 4.39 Å². The van der Waals surface area contributed by atoms with Crippen molar-refractivity contribution >= 4 is 0 Å². The number of nitrogens with one attached hydrogen (secondary N) is 1. The summed E-state index contributed by atoms with van der Waals surface area (Å²) in [6, 6.07) is 6.13. The van der Waals surface area contributed by atoms with E-state index in [1.54, 1.807) is 12.3 Å². The van der Waals surface area contributed by atoms with Crippen molar-refractivity contribution in [3.63, 3.8) is 0 Å². The van der Waals surface area contributed by atoms with Crippen molar-refractivity contribution in [3.05, 3.63) is 53.4 Å². The first kappa shape index (κ1) is 13.3. The second-order valence-electron chi connectivity index (χ2n) is 5.39. The number of halogens is 1. The average Bonchev–Trinajstić information content (AvgIpc) is 3.17. The molecule has 0 amide bonds. The fourth-order valence-electron chi connectivity index (χ4n) is 2.36. The summed E-state index contributed by atoms with van der Waals surface area (Å²) in [5.41, 5.74) is 1.72. The molecular formula is C16H20FN3. The van der Waals surface area contributed by atoms with Crippen molar-refractivity contribution in [2.75, 3.05) is 0 Å². The van der Waals surface area contributed by atoms with Gasteiger partial charge < -0.3 is 9.88 Å². The lowest BCUT2D eigenvalue weighted by Gasteiger charge is -2.08. The highest BCUT2D eigenvalue weighted by molar-refractivity contribution is 5.27. The molecule has 1 fully saturated rings. The van der Waals surface area contributed by atoms with Gasteiger partial charge in [-0.25, -0.2) is 9.37 Å². The lowest BCUT2D eigenvalue weighted by atomic mass is 10.1. The third-order valence-electron chi connectivity index (χ3n) is 3.78. The molecule has 3 rings (SSSR count). The number of aromatic nitrogens is 2. The fraction of sp³-hybridized carbons (Fsp3) is 0.438. The predicted molar refractivity (Wildman–Crippen MR) is 77.0 cm³/mol. The molecule has 1 aliphatic carbocycles. The Balaban J connectivity index is 1.69. The SMILES string of the molecule is CCn1ccnc1Cc1ccc(CNC2CC2)c(F)c1. The first-order chi connectivity index (χ1) is 9.76. The smallest absolute Gasteiger partial charge is 0.127 e. The molecule has 1 aliphatic rings. The van der Waals surface area contributed by atoms with Crippen molar-refractivity contribution in [3.8, 4) is 0 Å². The first-order valence-electron chi connectivity index (χ1n) is 7.27. The Kier molecular flexibility index (Phi) is 3.83. The molecule has 0 bridgehead atoms. The van der Waals surface area contributed by atoms with Crippen LogP contribution < -0.4 is 5.32 Å². The van der Waals surface area contributed by atoms with Crippen LogP contribution in [0.5, 0.6) is 0 Å². The molecule has 0 radical (unpaired) electrons. The molecule has 0 saturated heterocycles. The van der Waals surface area contributed by atoms with Crippen LogP contribution in [0.4, 0.5) is 4.39 Å². The van der Waals surface area contributed by atoms with Gasteiger partial charge in [0.15, 0.2) is 0 Å². The van der Waals surface area contributed by atoms with Gasteiger partial charge in [-0.1, -0.05) is 12.1 Å². The van der Waals surface area contributed by atoms with Crippen LogP contribution in [-0.4, -0.2) is 15.6 Å². The highest BCUT2D eigenvalue weighted by Crippen LogP contribution is 2.20. The zero-order chi connectivity index (χ0) is 13.9. The van der Waals surface area contributed by atoms with Gasteiger partial charge in [0.25, 0.3) is 0 Å². The van der Waals surface area contributed by atoms with Gasteiger partial charge in [-0.3, -0.25) is 0 Å². The standard InChI is InChI=1S/C16H20FN3/c1-2-20-8-7-18-16(20)10-12-3-4-13(15(17)9-12)11-19-14-5-6-14/h3-4,7-9,14,19H,2,5-6,10-11H2,1H3. The number of hydrogen-bond acceptors (Lipinski definition) is 2. The maximum absolute atomic E-state index is 14.1. The van der Waals surface area contributed by atoms with Crippen molar-refractivity contribution in [1.29, 1.82) is 0 Å². The van der Waals surface area contributed by atoms with Crippen LogP contribution in [0.15, 0.2) is 30.6 Å². The lowest BCUT2D eigenvalue weighted by Crippen LogP contribution is -2.16. The van der Waals surface area contributed by atoms with Crippen molar-refractivity contribution in [2.45, 2.75) is 45.3 Å². The van der Waals surface area contributed by atoms with Gasteiger partial charge in [-0.2, -0.15) is 0 Å². The van der Waals surface area contributed by atoms with Crippen LogP contribution in [0, 0.1) is 5.82 Å². The van der Waals surface area contributed by atoms with Gasteiger partial charge in [-0.05, 0) is 31.4 Å². The van der Waals surface area contributed by atoms with Gasteiger partial charge in [-0.15, -0.1) is 0 Å². The second-order valence-corrected chi connectivity index (χ2v) is 5.39. The van der Waals surface area contributed by atoms with E-state index in [4.69, 9.17) is 0 Å². The van der Waals surface area contributed by atoms with Crippen LogP contribution in [0.1, 0.15) is 36.7 Å². The largest absolute Gasteiger partial charge is 0.335 e. The molecule has 0 aliphatic heterocycles. The molecule has 1 heterocycles. The molecule has 3 nitrogen and oxygen atoms in total. The summed E-state index contributed by atoms with van der Waals surface area (Å²) < 4.78 is 16.1. The summed E-state index contributed by atoms with van der Waals surface area (Å²) in [4.78, 5) is 4.33. The molecule has 1 N–H and O–H groups in total. The lowest BCUT2D eigenvalue weighted by molar-refractivity contribution is 0.585. The summed E-state index contributed by atoms with van der Waals surface area (Å²) >= 11 is 0. The minimum absolute atomic E-state index is 0.120. The number of rotatable bonds is 6. The number of benzene rings is 1. The highest BCUT2D eigenvalue weighted by atomic mass is 19.1. The molecular weight excluding hydrogens is 253 g/mol. The summed E-state index contributed by atoms with van der Waals surface area (Å²) in [6.45, 7) is 3.60. The van der Waals surface area contributed by atoms with E-state index in [0.717, 1.165) is 23.5 Å². The van der Waals surface area contributed by atoms with Crippen molar-refractivity contribution in [1.82, 2.24) is 14.9 Å². The maximum Gasteiger partial charge on any atom is 0.127 e. The van der Waals surface area contributed by atoms with E-state index in [-0.39, 0.29) is 5.82 Å². The minimum Gasteiger partial charge on any atom is -0.335 e. The third kappa shape index (κ3) is 3.07. The monoisotopic (exact) mass is 273 g/mol. The normalized spacial score (nSPS) is 14.7. The molecule has 2 aromatic rings. The Morgan fingerprint density at radius 3 is 2.95 bits per heavy atom. The van der Waals surface area contributed by atoms with E-state index >= 15 is 0 Å². The van der Waals surface area contributed by atoms with E-state index in [1.165, 1.54) is 12.8 Å². The zero-order valence-electron chi connectivity index (χ0n) is 11.8. The van der Waals surface area contributed by atoms with Crippen molar-refractivity contribution in [2.24, 2.45) is 0 Å². The Hall–Kier alpha value is -1.68. The molecule has 1 aromatic heterocycles. The van der Waals surface area contributed by atoms with Crippen LogP contribution in [0.3, 0.4) is 0 Å². The Labute approximate surface area is 118 Å². The minimum atomic E-state index is -0.120. The van der Waals surface area contributed by atoms with Crippen molar-refractivity contribution < 1.29 is 4.39 Å². The second kappa shape index (κ2) is 5.75. The quantitative estimate of drug-likeness (QED) is 0.877. The molecule has 0 spiro atoms.